The van der Waals surface area contributed by atoms with E-state index in [0.29, 0.717) is 13.1 Å². The molecule has 8 heteroatoms. The van der Waals surface area contributed by atoms with Crippen molar-refractivity contribution in [2.24, 2.45) is 0 Å². The Balaban J connectivity index is 2.38. The molecule has 0 saturated heterocycles. The molecule has 0 aliphatic rings. The summed E-state index contributed by atoms with van der Waals surface area (Å²) in [5, 5.41) is 16.2. The lowest BCUT2D eigenvalue weighted by molar-refractivity contribution is 0.0693. The van der Waals surface area contributed by atoms with E-state index in [2.05, 4.69) is 22.1 Å². The molecule has 0 bridgehead atoms. The standard InChI is InChI=1S/C13H22N4O3S/c1-3-5-6-7-8-14-13(20)16-21-11-10(12(18)19)9-17(4-2)15-11/h9H,3-8H2,1-2H3,(H,18,19)(H2,14,16,20). The largest absolute Gasteiger partial charge is 0.478 e. The van der Waals surface area contributed by atoms with Crippen LogP contribution in [0, 0.1) is 0 Å². The molecule has 1 aromatic rings. The van der Waals surface area contributed by atoms with E-state index in [4.69, 9.17) is 5.11 Å². The number of nitrogens with one attached hydrogen (secondary N) is 2. The van der Waals surface area contributed by atoms with Gasteiger partial charge in [0, 0.05) is 31.2 Å². The predicted molar refractivity (Wildman–Crippen MR) is 81.4 cm³/mol. The van der Waals surface area contributed by atoms with Crippen molar-refractivity contribution in [1.82, 2.24) is 19.8 Å². The first-order valence-electron chi connectivity index (χ1n) is 7.09. The minimum atomic E-state index is -1.06. The molecular weight excluding hydrogens is 292 g/mol. The highest BCUT2D eigenvalue weighted by Gasteiger charge is 2.16. The SMILES string of the molecule is CCCCCCNC(=O)NSc1nn(CC)cc1C(=O)O. The number of aromatic nitrogens is 2. The third kappa shape index (κ3) is 6.07. The van der Waals surface area contributed by atoms with Crippen LogP contribution in [-0.4, -0.2) is 33.4 Å². The molecule has 0 aliphatic carbocycles. The predicted octanol–water partition coefficient (Wildman–Crippen LogP) is 2.49. The molecule has 118 valence electrons. The summed E-state index contributed by atoms with van der Waals surface area (Å²) in [5.41, 5.74) is 0.0881. The van der Waals surface area contributed by atoms with Gasteiger partial charge in [0.05, 0.1) is 0 Å². The maximum atomic E-state index is 11.6. The number of carboxylic acids is 1. The molecule has 0 unspecified atom stereocenters. The summed E-state index contributed by atoms with van der Waals surface area (Å²) < 4.78 is 4.07. The molecular formula is C13H22N4O3S. The van der Waals surface area contributed by atoms with E-state index in [1.54, 1.807) is 0 Å². The van der Waals surface area contributed by atoms with Crippen molar-refractivity contribution in [2.45, 2.75) is 51.1 Å². The molecule has 0 aromatic carbocycles. The van der Waals surface area contributed by atoms with Crippen LogP contribution in [0.15, 0.2) is 11.2 Å². The van der Waals surface area contributed by atoms with Crippen molar-refractivity contribution in [3.63, 3.8) is 0 Å². The molecule has 0 aliphatic heterocycles. The number of unbranched alkanes of at least 4 members (excludes halogenated alkanes) is 3. The van der Waals surface area contributed by atoms with Crippen LogP contribution in [0.1, 0.15) is 49.9 Å². The minimum Gasteiger partial charge on any atom is -0.478 e. The summed E-state index contributed by atoms with van der Waals surface area (Å²) in [7, 11) is 0. The van der Waals surface area contributed by atoms with Crippen molar-refractivity contribution in [3.8, 4) is 0 Å². The molecule has 0 atom stereocenters. The van der Waals surface area contributed by atoms with Crippen molar-refractivity contribution in [2.75, 3.05) is 6.54 Å². The maximum Gasteiger partial charge on any atom is 0.340 e. The number of carbonyl (C=O) groups excluding carboxylic acids is 1. The van der Waals surface area contributed by atoms with Gasteiger partial charge in [0.15, 0.2) is 5.03 Å². The Labute approximate surface area is 128 Å². The lowest BCUT2D eigenvalue weighted by atomic mass is 10.2. The number of nitrogens with zero attached hydrogens (tertiary/aromatic N) is 2. The van der Waals surface area contributed by atoms with Gasteiger partial charge in [-0.2, -0.15) is 5.10 Å². The number of aryl methyl sites for hydroxylation is 1. The van der Waals surface area contributed by atoms with Crippen LogP contribution in [-0.2, 0) is 6.54 Å². The maximum absolute atomic E-state index is 11.6. The zero-order chi connectivity index (χ0) is 15.7. The highest BCUT2D eigenvalue weighted by Crippen LogP contribution is 2.18. The second-order valence-corrected chi connectivity index (χ2v) is 5.32. The minimum absolute atomic E-state index is 0.0881. The number of hydrogen-bond donors (Lipinski definition) is 3. The molecule has 0 spiro atoms. The summed E-state index contributed by atoms with van der Waals surface area (Å²) in [6, 6.07) is -0.334. The number of carbonyl (C=O) groups is 2. The monoisotopic (exact) mass is 314 g/mol. The van der Waals surface area contributed by atoms with Crippen molar-refractivity contribution in [1.29, 1.82) is 0 Å². The zero-order valence-corrected chi connectivity index (χ0v) is 13.2. The molecule has 0 radical (unpaired) electrons. The average molecular weight is 314 g/mol. The smallest absolute Gasteiger partial charge is 0.340 e. The quantitative estimate of drug-likeness (QED) is 0.481. The Morgan fingerprint density at radius 1 is 1.33 bits per heavy atom. The fourth-order valence-electron chi connectivity index (χ4n) is 1.67. The third-order valence-electron chi connectivity index (χ3n) is 2.84. The fraction of sp³-hybridized carbons (Fsp3) is 0.615. The van der Waals surface area contributed by atoms with Gasteiger partial charge in [-0.15, -0.1) is 0 Å². The number of hydrogen-bond acceptors (Lipinski definition) is 4. The number of carboxylic acid groups (broad SMARTS) is 1. The van der Waals surface area contributed by atoms with Gasteiger partial charge >= 0.3 is 12.0 Å². The fourth-order valence-corrected chi connectivity index (χ4v) is 2.33. The van der Waals surface area contributed by atoms with Crippen LogP contribution in [0.3, 0.4) is 0 Å². The highest BCUT2D eigenvalue weighted by atomic mass is 32.2. The van der Waals surface area contributed by atoms with E-state index in [1.165, 1.54) is 10.9 Å². The number of amides is 2. The van der Waals surface area contributed by atoms with E-state index in [1.807, 2.05) is 6.92 Å². The van der Waals surface area contributed by atoms with Crippen LogP contribution in [0.2, 0.25) is 0 Å². The van der Waals surface area contributed by atoms with E-state index < -0.39 is 5.97 Å². The Kier molecular flexibility index (Phi) is 7.66. The summed E-state index contributed by atoms with van der Waals surface area (Å²) in [6.07, 6.45) is 5.80. The molecule has 0 fully saturated rings. The first-order valence-corrected chi connectivity index (χ1v) is 7.91. The van der Waals surface area contributed by atoms with Crippen molar-refractivity contribution >= 4 is 23.9 Å². The average Bonchev–Trinajstić information content (AvgIpc) is 2.88. The molecule has 7 nitrogen and oxygen atoms in total. The van der Waals surface area contributed by atoms with Gasteiger partial charge in [-0.05, 0) is 13.3 Å². The topological polar surface area (TPSA) is 96.3 Å². The van der Waals surface area contributed by atoms with Crippen LogP contribution < -0.4 is 10.0 Å². The summed E-state index contributed by atoms with van der Waals surface area (Å²) in [6.45, 7) is 5.18. The number of aromatic carboxylic acids is 1. The second-order valence-electron chi connectivity index (χ2n) is 4.53. The first-order chi connectivity index (χ1) is 10.1. The van der Waals surface area contributed by atoms with Gasteiger partial charge < -0.3 is 10.4 Å². The van der Waals surface area contributed by atoms with Gasteiger partial charge in [0.1, 0.15) is 5.56 Å². The summed E-state index contributed by atoms with van der Waals surface area (Å²) >= 11 is 0.913. The molecule has 21 heavy (non-hydrogen) atoms. The lowest BCUT2D eigenvalue weighted by Crippen LogP contribution is -2.32. The Hall–Kier alpha value is -1.70. The van der Waals surface area contributed by atoms with E-state index in [-0.39, 0.29) is 16.6 Å². The van der Waals surface area contributed by atoms with Gasteiger partial charge in [-0.25, -0.2) is 9.59 Å². The third-order valence-corrected chi connectivity index (χ3v) is 3.62. The molecule has 1 rings (SSSR count). The first kappa shape index (κ1) is 17.4. The zero-order valence-electron chi connectivity index (χ0n) is 12.4. The highest BCUT2D eigenvalue weighted by molar-refractivity contribution is 7.98. The Morgan fingerprint density at radius 3 is 2.71 bits per heavy atom. The van der Waals surface area contributed by atoms with Crippen molar-refractivity contribution < 1.29 is 14.7 Å². The van der Waals surface area contributed by atoms with E-state index >= 15 is 0 Å². The van der Waals surface area contributed by atoms with Crippen LogP contribution in [0.4, 0.5) is 4.79 Å². The van der Waals surface area contributed by atoms with E-state index in [9.17, 15) is 9.59 Å². The molecule has 1 aromatic heterocycles. The van der Waals surface area contributed by atoms with Gasteiger partial charge in [-0.1, -0.05) is 26.2 Å². The molecule has 3 N–H and O–H groups in total. The van der Waals surface area contributed by atoms with E-state index in [0.717, 1.165) is 37.6 Å². The normalized spacial score (nSPS) is 10.4. The Bertz CT molecular complexity index is 476. The van der Waals surface area contributed by atoms with Crippen LogP contribution in [0.5, 0.6) is 0 Å². The van der Waals surface area contributed by atoms with Gasteiger partial charge in [-0.3, -0.25) is 9.40 Å². The number of urea groups is 1. The van der Waals surface area contributed by atoms with Crippen LogP contribution in [0.25, 0.3) is 0 Å². The molecule has 0 saturated carbocycles. The Morgan fingerprint density at radius 2 is 2.10 bits per heavy atom. The lowest BCUT2D eigenvalue weighted by Gasteiger charge is -2.05. The molecule has 2 amide bonds. The second kappa shape index (κ2) is 9.28. The number of rotatable bonds is 9. The molecule has 1 heterocycles. The summed E-state index contributed by atoms with van der Waals surface area (Å²) in [4.78, 5) is 22.7. The van der Waals surface area contributed by atoms with Crippen molar-refractivity contribution in [3.05, 3.63) is 11.8 Å². The summed E-state index contributed by atoms with van der Waals surface area (Å²) in [5.74, 6) is -1.06. The van der Waals surface area contributed by atoms with Crippen LogP contribution >= 0.6 is 11.9 Å². The van der Waals surface area contributed by atoms with Gasteiger partial charge in [0.25, 0.3) is 0 Å². The van der Waals surface area contributed by atoms with Gasteiger partial charge in [0.2, 0.25) is 0 Å².